The van der Waals surface area contributed by atoms with Crippen LogP contribution in [0, 0.1) is 12.8 Å². The Kier molecular flexibility index (Phi) is 5.61. The Hall–Kier alpha value is -2.34. The molecule has 26 heavy (non-hydrogen) atoms. The van der Waals surface area contributed by atoms with Crippen molar-refractivity contribution in [3.8, 4) is 0 Å². The number of hydrogen-bond donors (Lipinski definition) is 2. The standard InChI is InChI=1S/C20H27N3O3/c1-13-6-8-15(9-7-13)18-17(19(24)26-3)16(21-20(25)22-18)12-23-10-4-5-14(2)11-23/h6-9,14,18H,4-5,10-12H2,1-3H3,(H2,21,22,25). The van der Waals surface area contributed by atoms with Crippen LogP contribution in [0.4, 0.5) is 4.79 Å². The molecule has 1 fully saturated rings. The van der Waals surface area contributed by atoms with Crippen molar-refractivity contribution in [2.45, 2.75) is 32.7 Å². The van der Waals surface area contributed by atoms with Gasteiger partial charge in [0.05, 0.1) is 18.7 Å². The molecule has 0 bridgehead atoms. The monoisotopic (exact) mass is 357 g/mol. The average molecular weight is 357 g/mol. The van der Waals surface area contributed by atoms with Crippen molar-refractivity contribution in [1.82, 2.24) is 15.5 Å². The van der Waals surface area contributed by atoms with Crippen LogP contribution in [0.5, 0.6) is 0 Å². The first-order chi connectivity index (χ1) is 12.5. The molecule has 1 aromatic carbocycles. The van der Waals surface area contributed by atoms with E-state index in [1.165, 1.54) is 13.5 Å². The first kappa shape index (κ1) is 18.5. The zero-order valence-electron chi connectivity index (χ0n) is 15.7. The third kappa shape index (κ3) is 4.07. The largest absolute Gasteiger partial charge is 0.466 e. The number of esters is 1. The lowest BCUT2D eigenvalue weighted by Crippen LogP contribution is -2.49. The summed E-state index contributed by atoms with van der Waals surface area (Å²) in [5, 5.41) is 5.71. The number of benzene rings is 1. The number of rotatable bonds is 4. The van der Waals surface area contributed by atoms with Crippen molar-refractivity contribution in [3.05, 3.63) is 46.7 Å². The quantitative estimate of drug-likeness (QED) is 0.813. The van der Waals surface area contributed by atoms with Crippen LogP contribution in [0.3, 0.4) is 0 Å². The molecule has 0 saturated carbocycles. The Bertz CT molecular complexity index is 712. The maximum atomic E-state index is 12.6. The lowest BCUT2D eigenvalue weighted by Gasteiger charge is -2.35. The molecule has 2 N–H and O–H groups in total. The van der Waals surface area contributed by atoms with Gasteiger partial charge in [0.25, 0.3) is 0 Å². The minimum absolute atomic E-state index is 0.289. The van der Waals surface area contributed by atoms with E-state index in [1.54, 1.807) is 0 Å². The van der Waals surface area contributed by atoms with Crippen molar-refractivity contribution >= 4 is 12.0 Å². The second-order valence-electron chi connectivity index (χ2n) is 7.31. The van der Waals surface area contributed by atoms with E-state index in [1.807, 2.05) is 31.2 Å². The first-order valence-electron chi connectivity index (χ1n) is 9.15. The highest BCUT2D eigenvalue weighted by Crippen LogP contribution is 2.29. The van der Waals surface area contributed by atoms with Crippen molar-refractivity contribution in [2.75, 3.05) is 26.7 Å². The first-order valence-corrected chi connectivity index (χ1v) is 9.15. The van der Waals surface area contributed by atoms with E-state index in [-0.39, 0.29) is 6.03 Å². The molecule has 2 unspecified atom stereocenters. The molecule has 2 amide bonds. The second kappa shape index (κ2) is 7.91. The van der Waals surface area contributed by atoms with Gasteiger partial charge in [-0.05, 0) is 37.8 Å². The number of carbonyl (C=O) groups excluding carboxylic acids is 2. The summed E-state index contributed by atoms with van der Waals surface area (Å²) in [7, 11) is 1.37. The molecule has 2 atom stereocenters. The normalized spacial score (nSPS) is 24.0. The maximum absolute atomic E-state index is 12.6. The SMILES string of the molecule is COC(=O)C1=C(CN2CCCC(C)C2)NC(=O)NC1c1ccc(C)cc1. The van der Waals surface area contributed by atoms with E-state index in [9.17, 15) is 9.59 Å². The van der Waals surface area contributed by atoms with E-state index < -0.39 is 12.0 Å². The molecule has 1 saturated heterocycles. The van der Waals surface area contributed by atoms with Crippen LogP contribution in [0.2, 0.25) is 0 Å². The summed E-state index contributed by atoms with van der Waals surface area (Å²) < 4.78 is 5.03. The van der Waals surface area contributed by atoms with Gasteiger partial charge in [-0.1, -0.05) is 36.8 Å². The molecular formula is C20H27N3O3. The molecule has 0 aliphatic carbocycles. The Labute approximate surface area is 154 Å². The van der Waals surface area contributed by atoms with Gasteiger partial charge in [-0.2, -0.15) is 0 Å². The number of methoxy groups -OCH3 is 1. The van der Waals surface area contributed by atoms with E-state index in [2.05, 4.69) is 22.5 Å². The van der Waals surface area contributed by atoms with E-state index in [0.29, 0.717) is 23.7 Å². The molecule has 140 valence electrons. The van der Waals surface area contributed by atoms with Crippen molar-refractivity contribution < 1.29 is 14.3 Å². The van der Waals surface area contributed by atoms with Crippen molar-refractivity contribution in [2.24, 2.45) is 5.92 Å². The molecule has 6 heteroatoms. The van der Waals surface area contributed by atoms with E-state index >= 15 is 0 Å². The fraction of sp³-hybridized carbons (Fsp3) is 0.500. The number of likely N-dealkylation sites (tertiary alicyclic amines) is 1. The number of nitrogens with zero attached hydrogens (tertiary/aromatic N) is 1. The Morgan fingerprint density at radius 2 is 2.04 bits per heavy atom. The van der Waals surface area contributed by atoms with Gasteiger partial charge in [0.2, 0.25) is 0 Å². The molecule has 0 aromatic heterocycles. The van der Waals surface area contributed by atoms with Gasteiger partial charge in [-0.25, -0.2) is 9.59 Å². The van der Waals surface area contributed by atoms with E-state index in [0.717, 1.165) is 30.6 Å². The molecule has 0 radical (unpaired) electrons. The van der Waals surface area contributed by atoms with Crippen molar-refractivity contribution in [3.63, 3.8) is 0 Å². The molecule has 2 heterocycles. The average Bonchev–Trinajstić information content (AvgIpc) is 2.61. The van der Waals surface area contributed by atoms with Gasteiger partial charge in [-0.3, -0.25) is 4.90 Å². The van der Waals surface area contributed by atoms with Crippen molar-refractivity contribution in [1.29, 1.82) is 0 Å². The zero-order chi connectivity index (χ0) is 18.7. The third-order valence-corrected chi connectivity index (χ3v) is 5.09. The summed E-state index contributed by atoms with van der Waals surface area (Å²) in [6, 6.07) is 7.04. The highest BCUT2D eigenvalue weighted by molar-refractivity contribution is 5.95. The smallest absolute Gasteiger partial charge is 0.338 e. The minimum atomic E-state index is -0.506. The van der Waals surface area contributed by atoms with Crippen LogP contribution in [0.15, 0.2) is 35.5 Å². The number of carbonyl (C=O) groups is 2. The summed E-state index contributed by atoms with van der Waals surface area (Å²) in [4.78, 5) is 27.1. The van der Waals surface area contributed by atoms with Crippen LogP contribution >= 0.6 is 0 Å². The number of hydrogen-bond acceptors (Lipinski definition) is 4. The van der Waals surface area contributed by atoms with Crippen LogP contribution in [0.1, 0.15) is 36.9 Å². The summed E-state index contributed by atoms with van der Waals surface area (Å²) >= 11 is 0. The zero-order valence-corrected chi connectivity index (χ0v) is 15.7. The fourth-order valence-corrected chi connectivity index (χ4v) is 3.76. The minimum Gasteiger partial charge on any atom is -0.466 e. The predicted molar refractivity (Wildman–Crippen MR) is 99.5 cm³/mol. The van der Waals surface area contributed by atoms with Gasteiger partial charge in [0, 0.05) is 18.8 Å². The maximum Gasteiger partial charge on any atom is 0.338 e. The Balaban J connectivity index is 1.95. The lowest BCUT2D eigenvalue weighted by atomic mass is 9.93. The summed E-state index contributed by atoms with van der Waals surface area (Å²) in [6.07, 6.45) is 2.36. The van der Waals surface area contributed by atoms with Gasteiger partial charge in [0.1, 0.15) is 0 Å². The Morgan fingerprint density at radius 1 is 1.31 bits per heavy atom. The van der Waals surface area contributed by atoms with Crippen LogP contribution < -0.4 is 10.6 Å². The number of urea groups is 1. The number of nitrogens with one attached hydrogen (secondary N) is 2. The highest BCUT2D eigenvalue weighted by Gasteiger charge is 2.34. The molecular weight excluding hydrogens is 330 g/mol. The third-order valence-electron chi connectivity index (χ3n) is 5.09. The molecule has 2 aliphatic heterocycles. The predicted octanol–water partition coefficient (Wildman–Crippen LogP) is 2.51. The Morgan fingerprint density at radius 3 is 2.69 bits per heavy atom. The summed E-state index contributed by atoms with van der Waals surface area (Å²) in [6.45, 7) is 6.73. The second-order valence-corrected chi connectivity index (χ2v) is 7.31. The van der Waals surface area contributed by atoms with Crippen LogP contribution in [-0.4, -0.2) is 43.6 Å². The number of amides is 2. The van der Waals surface area contributed by atoms with Crippen LogP contribution in [0.25, 0.3) is 0 Å². The topological polar surface area (TPSA) is 70.7 Å². The van der Waals surface area contributed by atoms with Gasteiger partial charge >= 0.3 is 12.0 Å². The van der Waals surface area contributed by atoms with Gasteiger partial charge in [-0.15, -0.1) is 0 Å². The van der Waals surface area contributed by atoms with Crippen LogP contribution in [-0.2, 0) is 9.53 Å². The number of aryl methyl sites for hydroxylation is 1. The molecule has 1 aromatic rings. The molecule has 2 aliphatic rings. The summed E-state index contributed by atoms with van der Waals surface area (Å²) in [5.41, 5.74) is 3.12. The number of piperidine rings is 1. The fourth-order valence-electron chi connectivity index (χ4n) is 3.76. The van der Waals surface area contributed by atoms with E-state index in [4.69, 9.17) is 4.74 Å². The summed E-state index contributed by atoms with van der Waals surface area (Å²) in [5.74, 6) is 0.208. The number of ether oxygens (including phenoxy) is 1. The highest BCUT2D eigenvalue weighted by atomic mass is 16.5. The molecule has 3 rings (SSSR count). The molecule has 0 spiro atoms. The van der Waals surface area contributed by atoms with Gasteiger partial charge < -0.3 is 15.4 Å². The van der Waals surface area contributed by atoms with Gasteiger partial charge in [0.15, 0.2) is 0 Å². The molecule has 6 nitrogen and oxygen atoms in total. The lowest BCUT2D eigenvalue weighted by molar-refractivity contribution is -0.136.